The highest BCUT2D eigenvalue weighted by molar-refractivity contribution is 8.00. The highest BCUT2D eigenvalue weighted by atomic mass is 32.2. The summed E-state index contributed by atoms with van der Waals surface area (Å²) in [5, 5.41) is 5.29. The van der Waals surface area contributed by atoms with Gasteiger partial charge in [-0.1, -0.05) is 36.4 Å². The van der Waals surface area contributed by atoms with Gasteiger partial charge in [0.2, 0.25) is 5.91 Å². The lowest BCUT2D eigenvalue weighted by Crippen LogP contribution is -2.28. The first-order chi connectivity index (χ1) is 11.1. The minimum absolute atomic E-state index is 0.0738. The van der Waals surface area contributed by atoms with Crippen molar-refractivity contribution in [1.29, 1.82) is 0 Å². The molecule has 0 radical (unpaired) electrons. The Morgan fingerprint density at radius 1 is 1.13 bits per heavy atom. The summed E-state index contributed by atoms with van der Waals surface area (Å²) in [5.74, 6) is 0.0790. The molecule has 0 saturated carbocycles. The van der Waals surface area contributed by atoms with E-state index in [9.17, 15) is 9.59 Å². The van der Waals surface area contributed by atoms with Crippen LogP contribution in [-0.4, -0.2) is 30.0 Å². The summed E-state index contributed by atoms with van der Waals surface area (Å²) >= 11 is 1.26. The molecule has 4 nitrogen and oxygen atoms in total. The van der Waals surface area contributed by atoms with Gasteiger partial charge >= 0.3 is 5.97 Å². The van der Waals surface area contributed by atoms with Crippen molar-refractivity contribution in [2.24, 2.45) is 0 Å². The van der Waals surface area contributed by atoms with Gasteiger partial charge in [-0.25, -0.2) is 0 Å². The Morgan fingerprint density at radius 3 is 2.61 bits per heavy atom. The van der Waals surface area contributed by atoms with Crippen molar-refractivity contribution in [3.05, 3.63) is 48.0 Å². The number of nitrogens with one attached hydrogen (secondary N) is 1. The van der Waals surface area contributed by atoms with E-state index >= 15 is 0 Å². The number of thioether (sulfide) groups is 1. The van der Waals surface area contributed by atoms with Crippen LogP contribution in [0.2, 0.25) is 0 Å². The number of esters is 1. The first kappa shape index (κ1) is 17.3. The molecule has 2 aromatic rings. The van der Waals surface area contributed by atoms with Crippen molar-refractivity contribution >= 4 is 34.4 Å². The number of fused-ring (bicyclic) bond motifs is 1. The highest BCUT2D eigenvalue weighted by Gasteiger charge is 2.11. The Balaban J connectivity index is 1.86. The Kier molecular flexibility index (Phi) is 6.47. The zero-order valence-corrected chi connectivity index (χ0v) is 14.2. The molecule has 1 N–H and O–H groups in total. The third-order valence-electron chi connectivity index (χ3n) is 3.41. The van der Waals surface area contributed by atoms with Gasteiger partial charge in [-0.05, 0) is 36.2 Å². The normalized spacial score (nSPS) is 11.9. The average Bonchev–Trinajstić information content (AvgIpc) is 2.54. The van der Waals surface area contributed by atoms with Crippen molar-refractivity contribution in [3.63, 3.8) is 0 Å². The lowest BCUT2D eigenvalue weighted by Gasteiger charge is -2.15. The summed E-state index contributed by atoms with van der Waals surface area (Å²) in [5.41, 5.74) is 1.06. The van der Waals surface area contributed by atoms with E-state index in [1.807, 2.05) is 25.1 Å². The number of rotatable bonds is 7. The molecule has 0 fully saturated rings. The van der Waals surface area contributed by atoms with Crippen LogP contribution in [0.25, 0.3) is 10.8 Å². The molecule has 0 saturated heterocycles. The molecule has 0 aliphatic rings. The Bertz CT molecular complexity index is 687. The number of carbonyl (C=O) groups excluding carboxylic acids is 2. The molecule has 23 heavy (non-hydrogen) atoms. The Morgan fingerprint density at radius 2 is 1.87 bits per heavy atom. The van der Waals surface area contributed by atoms with Gasteiger partial charge in [0.15, 0.2) is 0 Å². The van der Waals surface area contributed by atoms with Crippen LogP contribution in [0.1, 0.15) is 25.5 Å². The summed E-state index contributed by atoms with van der Waals surface area (Å²) in [4.78, 5) is 23.2. The monoisotopic (exact) mass is 331 g/mol. The molecule has 1 unspecified atom stereocenters. The van der Waals surface area contributed by atoms with E-state index in [1.165, 1.54) is 17.1 Å². The zero-order chi connectivity index (χ0) is 16.7. The summed E-state index contributed by atoms with van der Waals surface area (Å²) < 4.78 is 4.82. The molecule has 2 rings (SSSR count). The van der Waals surface area contributed by atoms with Crippen LogP contribution in [-0.2, 0) is 14.3 Å². The van der Waals surface area contributed by atoms with Crippen molar-refractivity contribution in [2.45, 2.75) is 19.9 Å². The number of carbonyl (C=O) groups is 2. The smallest absolute Gasteiger partial charge is 0.315 e. The van der Waals surface area contributed by atoms with Gasteiger partial charge in [0, 0.05) is 0 Å². The number of amides is 1. The standard InChI is InChI=1S/C18H21NO3S/c1-3-22-18(21)12-23-11-17(20)19-13(2)15-9-8-14-6-4-5-7-16(14)10-15/h4-10,13H,3,11-12H2,1-2H3,(H,19,20). The van der Waals surface area contributed by atoms with Crippen molar-refractivity contribution < 1.29 is 14.3 Å². The molecule has 2 aromatic carbocycles. The van der Waals surface area contributed by atoms with Crippen LogP contribution in [0.3, 0.4) is 0 Å². The minimum atomic E-state index is -0.284. The SMILES string of the molecule is CCOC(=O)CSCC(=O)NC(C)c1ccc2ccccc2c1. The van der Waals surface area contributed by atoms with Gasteiger partial charge in [-0.2, -0.15) is 0 Å². The van der Waals surface area contributed by atoms with E-state index in [0.717, 1.165) is 10.9 Å². The number of hydrogen-bond acceptors (Lipinski definition) is 4. The Labute approximate surface area is 140 Å². The van der Waals surface area contributed by atoms with Gasteiger partial charge in [0.05, 0.1) is 24.2 Å². The highest BCUT2D eigenvalue weighted by Crippen LogP contribution is 2.20. The third kappa shape index (κ3) is 5.28. The molecule has 1 amide bonds. The summed E-state index contributed by atoms with van der Waals surface area (Å²) in [7, 11) is 0. The predicted molar refractivity (Wildman–Crippen MR) is 94.5 cm³/mol. The topological polar surface area (TPSA) is 55.4 Å². The summed E-state index contributed by atoms with van der Waals surface area (Å²) in [6.07, 6.45) is 0. The van der Waals surface area contributed by atoms with Crippen LogP contribution in [0.5, 0.6) is 0 Å². The van der Waals surface area contributed by atoms with E-state index in [4.69, 9.17) is 4.74 Å². The molecule has 5 heteroatoms. The third-order valence-corrected chi connectivity index (χ3v) is 4.32. The average molecular weight is 331 g/mol. The van der Waals surface area contributed by atoms with Gasteiger partial charge in [-0.3, -0.25) is 9.59 Å². The maximum atomic E-state index is 11.9. The molecule has 0 heterocycles. The van der Waals surface area contributed by atoms with Gasteiger partial charge in [0.25, 0.3) is 0 Å². The lowest BCUT2D eigenvalue weighted by molar-refractivity contribution is -0.139. The molecule has 0 aliphatic carbocycles. The maximum Gasteiger partial charge on any atom is 0.315 e. The summed E-state index contributed by atoms with van der Waals surface area (Å²) in [6, 6.07) is 14.2. The van der Waals surface area contributed by atoms with Crippen LogP contribution in [0.15, 0.2) is 42.5 Å². The fraction of sp³-hybridized carbons (Fsp3) is 0.333. The first-order valence-corrected chi connectivity index (χ1v) is 8.77. The number of ether oxygens (including phenoxy) is 1. The van der Waals surface area contributed by atoms with E-state index < -0.39 is 0 Å². The van der Waals surface area contributed by atoms with Crippen LogP contribution in [0.4, 0.5) is 0 Å². The second-order valence-electron chi connectivity index (χ2n) is 5.19. The fourth-order valence-corrected chi connectivity index (χ4v) is 2.89. The zero-order valence-electron chi connectivity index (χ0n) is 13.4. The molecule has 1 atom stereocenters. The van der Waals surface area contributed by atoms with Gasteiger partial charge < -0.3 is 10.1 Å². The maximum absolute atomic E-state index is 11.9. The second-order valence-corrected chi connectivity index (χ2v) is 6.18. The molecule has 0 aliphatic heterocycles. The quantitative estimate of drug-likeness (QED) is 0.791. The van der Waals surface area contributed by atoms with Crippen molar-refractivity contribution in [3.8, 4) is 0 Å². The van der Waals surface area contributed by atoms with E-state index in [2.05, 4.69) is 29.6 Å². The molecular formula is C18H21NO3S. The van der Waals surface area contributed by atoms with Crippen LogP contribution in [0, 0.1) is 0 Å². The van der Waals surface area contributed by atoms with Gasteiger partial charge in [-0.15, -0.1) is 11.8 Å². The second kappa shape index (κ2) is 8.58. The fourth-order valence-electron chi connectivity index (χ4n) is 2.27. The molecule has 122 valence electrons. The molecule has 0 bridgehead atoms. The van der Waals surface area contributed by atoms with E-state index in [-0.39, 0.29) is 29.4 Å². The molecule has 0 aromatic heterocycles. The summed E-state index contributed by atoms with van der Waals surface area (Å²) in [6.45, 7) is 4.09. The first-order valence-electron chi connectivity index (χ1n) is 7.61. The largest absolute Gasteiger partial charge is 0.465 e. The minimum Gasteiger partial charge on any atom is -0.465 e. The number of benzene rings is 2. The van der Waals surface area contributed by atoms with Gasteiger partial charge in [0.1, 0.15) is 0 Å². The molecular weight excluding hydrogens is 310 g/mol. The van der Waals surface area contributed by atoms with Crippen molar-refractivity contribution in [1.82, 2.24) is 5.32 Å². The number of hydrogen-bond donors (Lipinski definition) is 1. The van der Waals surface area contributed by atoms with Crippen molar-refractivity contribution in [2.75, 3.05) is 18.1 Å². The van der Waals surface area contributed by atoms with E-state index in [1.54, 1.807) is 6.92 Å². The van der Waals surface area contributed by atoms with Crippen LogP contribution < -0.4 is 5.32 Å². The Hall–Kier alpha value is -2.01. The predicted octanol–water partition coefficient (Wildman–Crippen LogP) is 3.31. The van der Waals surface area contributed by atoms with E-state index in [0.29, 0.717) is 6.61 Å². The lowest BCUT2D eigenvalue weighted by atomic mass is 10.0. The van der Waals surface area contributed by atoms with Crippen LogP contribution >= 0.6 is 11.8 Å². The molecule has 0 spiro atoms.